The summed E-state index contributed by atoms with van der Waals surface area (Å²) in [6.45, 7) is 1.03. The van der Waals surface area contributed by atoms with E-state index in [2.05, 4.69) is 16.4 Å². The second-order valence-corrected chi connectivity index (χ2v) is 7.12. The molecular formula is C19H22N3O3S+. The molecule has 136 valence electrons. The van der Waals surface area contributed by atoms with Crippen molar-refractivity contribution in [2.75, 3.05) is 33.1 Å². The highest BCUT2D eigenvalue weighted by molar-refractivity contribution is 7.18. The predicted octanol–water partition coefficient (Wildman–Crippen LogP) is 1.97. The fourth-order valence-corrected chi connectivity index (χ4v) is 3.78. The smallest absolute Gasteiger partial charge is 0.279 e. The number of likely N-dealkylation sites (N-methyl/N-ethyl adjacent to an activating group) is 1. The number of amides is 1. The maximum absolute atomic E-state index is 12.4. The van der Waals surface area contributed by atoms with Gasteiger partial charge in [0, 0.05) is 6.07 Å². The summed E-state index contributed by atoms with van der Waals surface area (Å²) in [5, 5.41) is 3.92. The first-order valence-electron chi connectivity index (χ1n) is 8.26. The van der Waals surface area contributed by atoms with Crippen molar-refractivity contribution < 1.29 is 19.2 Å². The van der Waals surface area contributed by atoms with Crippen LogP contribution in [0.3, 0.4) is 0 Å². The highest BCUT2D eigenvalue weighted by Crippen LogP contribution is 2.28. The summed E-state index contributed by atoms with van der Waals surface area (Å²) in [4.78, 5) is 18.1. The number of nitrogens with one attached hydrogen (secondary N) is 2. The van der Waals surface area contributed by atoms with Crippen molar-refractivity contribution in [1.82, 2.24) is 4.98 Å². The number of hydrogen-bond acceptors (Lipinski definition) is 5. The second-order valence-electron chi connectivity index (χ2n) is 6.00. The fraction of sp³-hybridized carbons (Fsp3) is 0.263. The van der Waals surface area contributed by atoms with Gasteiger partial charge in [-0.05, 0) is 24.3 Å². The van der Waals surface area contributed by atoms with Crippen molar-refractivity contribution in [2.24, 2.45) is 0 Å². The number of rotatable bonds is 7. The monoisotopic (exact) mass is 372 g/mol. The summed E-state index contributed by atoms with van der Waals surface area (Å²) < 4.78 is 11.7. The van der Waals surface area contributed by atoms with Crippen LogP contribution in [0.15, 0.2) is 42.5 Å². The number of anilines is 1. The Kier molecular flexibility index (Phi) is 5.70. The molecule has 0 aliphatic rings. The molecule has 1 heterocycles. The van der Waals surface area contributed by atoms with Crippen molar-refractivity contribution in [2.45, 2.75) is 6.54 Å². The van der Waals surface area contributed by atoms with Gasteiger partial charge in [0.1, 0.15) is 23.1 Å². The van der Waals surface area contributed by atoms with Crippen LogP contribution in [0.1, 0.15) is 5.01 Å². The fourth-order valence-electron chi connectivity index (χ4n) is 2.70. The van der Waals surface area contributed by atoms with Crippen molar-refractivity contribution in [3.05, 3.63) is 47.5 Å². The normalized spacial score (nSPS) is 12.0. The number of carbonyl (C=O) groups excluding carboxylic acids is 1. The molecule has 0 radical (unpaired) electrons. The van der Waals surface area contributed by atoms with Crippen LogP contribution in [0.2, 0.25) is 0 Å². The molecule has 2 aromatic carbocycles. The number of hydrogen-bond donors (Lipinski definition) is 2. The van der Waals surface area contributed by atoms with E-state index >= 15 is 0 Å². The average Bonchev–Trinajstić information content (AvgIpc) is 3.03. The van der Waals surface area contributed by atoms with Gasteiger partial charge in [0.2, 0.25) is 0 Å². The van der Waals surface area contributed by atoms with E-state index in [9.17, 15) is 4.79 Å². The number of carbonyl (C=O) groups is 1. The van der Waals surface area contributed by atoms with E-state index in [-0.39, 0.29) is 5.91 Å². The van der Waals surface area contributed by atoms with E-state index in [1.165, 1.54) is 4.70 Å². The Balaban J connectivity index is 1.62. The third kappa shape index (κ3) is 4.30. The van der Waals surface area contributed by atoms with Crippen molar-refractivity contribution in [3.63, 3.8) is 0 Å². The Morgan fingerprint density at radius 3 is 2.73 bits per heavy atom. The first-order valence-corrected chi connectivity index (χ1v) is 9.08. The zero-order valence-electron chi connectivity index (χ0n) is 15.0. The van der Waals surface area contributed by atoms with Gasteiger partial charge in [0.25, 0.3) is 5.91 Å². The van der Waals surface area contributed by atoms with Crippen molar-refractivity contribution >= 4 is 33.1 Å². The van der Waals surface area contributed by atoms with Gasteiger partial charge in [0.15, 0.2) is 6.54 Å². The lowest BCUT2D eigenvalue weighted by molar-refractivity contribution is -0.885. The average molecular weight is 372 g/mol. The zero-order chi connectivity index (χ0) is 18.5. The Hall–Kier alpha value is -2.64. The van der Waals surface area contributed by atoms with Gasteiger partial charge in [-0.15, -0.1) is 11.3 Å². The lowest BCUT2D eigenvalue weighted by Crippen LogP contribution is -3.08. The van der Waals surface area contributed by atoms with Crippen LogP contribution < -0.4 is 19.7 Å². The number of fused-ring (bicyclic) bond motifs is 1. The standard InChI is InChI=1S/C19H21N3O3S/c1-22(12-19-21-14-6-4-5-7-17(14)26-19)11-18(23)20-15-10-13(24-2)8-9-16(15)25-3/h4-10H,11-12H2,1-3H3,(H,20,23)/p+1. The Labute approximate surface area is 156 Å². The van der Waals surface area contributed by atoms with E-state index in [1.807, 2.05) is 25.2 Å². The van der Waals surface area contributed by atoms with E-state index in [0.717, 1.165) is 15.4 Å². The minimum absolute atomic E-state index is 0.0878. The van der Waals surface area contributed by atoms with Crippen LogP contribution in [0.5, 0.6) is 11.5 Å². The molecule has 1 aromatic heterocycles. The predicted molar refractivity (Wildman–Crippen MR) is 103 cm³/mol. The molecule has 1 amide bonds. The van der Waals surface area contributed by atoms with Gasteiger partial charge in [-0.3, -0.25) is 4.79 Å². The minimum Gasteiger partial charge on any atom is -0.497 e. The lowest BCUT2D eigenvalue weighted by Gasteiger charge is -2.14. The van der Waals surface area contributed by atoms with Crippen molar-refractivity contribution in [3.8, 4) is 11.5 Å². The van der Waals surface area contributed by atoms with E-state index < -0.39 is 0 Å². The molecule has 7 heteroatoms. The van der Waals surface area contributed by atoms with Gasteiger partial charge >= 0.3 is 0 Å². The second kappa shape index (κ2) is 8.16. The number of nitrogens with zero attached hydrogens (tertiary/aromatic N) is 1. The van der Waals surface area contributed by atoms with Crippen LogP contribution in [-0.4, -0.2) is 38.7 Å². The van der Waals surface area contributed by atoms with Gasteiger partial charge in [0.05, 0.1) is 37.2 Å². The summed E-state index contributed by atoms with van der Waals surface area (Å²) in [5.74, 6) is 1.18. The summed E-state index contributed by atoms with van der Waals surface area (Å²) in [7, 11) is 5.14. The van der Waals surface area contributed by atoms with Crippen LogP contribution in [0, 0.1) is 0 Å². The Bertz CT molecular complexity index is 877. The van der Waals surface area contributed by atoms with Gasteiger partial charge < -0.3 is 19.7 Å². The number of quaternary nitrogens is 1. The number of thiazole rings is 1. The number of methoxy groups -OCH3 is 2. The maximum Gasteiger partial charge on any atom is 0.279 e. The number of para-hydroxylation sites is 1. The quantitative estimate of drug-likeness (QED) is 0.666. The summed E-state index contributed by atoms with van der Waals surface area (Å²) >= 11 is 1.67. The molecule has 2 N–H and O–H groups in total. The first-order chi connectivity index (χ1) is 12.6. The Morgan fingerprint density at radius 1 is 1.19 bits per heavy atom. The molecule has 0 saturated carbocycles. The van der Waals surface area contributed by atoms with Crippen LogP contribution >= 0.6 is 11.3 Å². The highest BCUT2D eigenvalue weighted by atomic mass is 32.1. The lowest BCUT2D eigenvalue weighted by atomic mass is 10.2. The number of benzene rings is 2. The van der Waals surface area contributed by atoms with Crippen LogP contribution in [-0.2, 0) is 11.3 Å². The molecule has 0 aliphatic carbocycles. The van der Waals surface area contributed by atoms with E-state index in [4.69, 9.17) is 9.47 Å². The largest absolute Gasteiger partial charge is 0.497 e. The van der Waals surface area contributed by atoms with Crippen molar-refractivity contribution in [1.29, 1.82) is 0 Å². The third-order valence-corrected chi connectivity index (χ3v) is 4.97. The minimum atomic E-state index is -0.0878. The first kappa shape index (κ1) is 18.2. The highest BCUT2D eigenvalue weighted by Gasteiger charge is 2.15. The van der Waals surface area contributed by atoms with Gasteiger partial charge in [-0.1, -0.05) is 12.1 Å². The third-order valence-electron chi connectivity index (χ3n) is 3.93. The molecule has 0 saturated heterocycles. The van der Waals surface area contributed by atoms with Gasteiger partial charge in [-0.2, -0.15) is 0 Å². The van der Waals surface area contributed by atoms with Gasteiger partial charge in [-0.25, -0.2) is 4.98 Å². The van der Waals surface area contributed by atoms with Crippen LogP contribution in [0.25, 0.3) is 10.2 Å². The number of ether oxygens (including phenoxy) is 2. The van der Waals surface area contributed by atoms with E-state index in [0.29, 0.717) is 30.3 Å². The molecule has 1 atom stereocenters. The summed E-state index contributed by atoms with van der Waals surface area (Å²) in [6, 6.07) is 13.4. The zero-order valence-corrected chi connectivity index (χ0v) is 15.9. The molecule has 3 aromatic rings. The molecule has 0 aliphatic heterocycles. The molecule has 0 bridgehead atoms. The Morgan fingerprint density at radius 2 is 2.00 bits per heavy atom. The summed E-state index contributed by atoms with van der Waals surface area (Å²) in [6.07, 6.45) is 0. The molecule has 26 heavy (non-hydrogen) atoms. The maximum atomic E-state index is 12.4. The number of aromatic nitrogens is 1. The molecule has 0 spiro atoms. The molecule has 3 rings (SSSR count). The molecule has 6 nitrogen and oxygen atoms in total. The topological polar surface area (TPSA) is 64.9 Å². The molecule has 1 unspecified atom stereocenters. The van der Waals surface area contributed by atoms with E-state index in [1.54, 1.807) is 43.8 Å². The summed E-state index contributed by atoms with van der Waals surface area (Å²) in [5.41, 5.74) is 1.61. The molecular weight excluding hydrogens is 350 g/mol. The SMILES string of the molecule is COc1ccc(OC)c(NC(=O)C[NH+](C)Cc2nc3ccccc3s2)c1. The van der Waals surface area contributed by atoms with Crippen LogP contribution in [0.4, 0.5) is 5.69 Å². The molecule has 0 fully saturated rings.